The number of hydrogen-bond acceptors (Lipinski definition) is 8. The first-order chi connectivity index (χ1) is 16.0. The number of nitrogens with one attached hydrogen (secondary N) is 2. The van der Waals surface area contributed by atoms with Crippen molar-refractivity contribution >= 4 is 34.4 Å². The van der Waals surface area contributed by atoms with Crippen LogP contribution in [0.1, 0.15) is 32.6 Å². The Morgan fingerprint density at radius 2 is 1.88 bits per heavy atom. The monoisotopic (exact) mass is 482 g/mol. The number of likely N-dealkylation sites (N-methyl/N-ethyl adjacent to an activating group) is 1. The van der Waals surface area contributed by atoms with Crippen molar-refractivity contribution in [2.45, 2.75) is 49.2 Å². The molecule has 0 radical (unpaired) electrons. The first-order valence-electron chi connectivity index (χ1n) is 11.8. The van der Waals surface area contributed by atoms with Crippen LogP contribution in [0.4, 0.5) is 5.69 Å². The Morgan fingerprint density at radius 1 is 1.15 bits per heavy atom. The van der Waals surface area contributed by atoms with Gasteiger partial charge in [0.15, 0.2) is 10.7 Å². The zero-order valence-corrected chi connectivity index (χ0v) is 21.4. The molecule has 33 heavy (non-hydrogen) atoms. The van der Waals surface area contributed by atoms with Crippen LogP contribution in [0.5, 0.6) is 0 Å². The van der Waals surface area contributed by atoms with Gasteiger partial charge < -0.3 is 20.4 Å². The largest absolute Gasteiger partial charge is 0.359 e. The van der Waals surface area contributed by atoms with E-state index in [4.69, 9.17) is 4.99 Å². The van der Waals surface area contributed by atoms with E-state index in [9.17, 15) is 0 Å². The fourth-order valence-corrected chi connectivity index (χ4v) is 6.31. The Morgan fingerprint density at radius 3 is 2.52 bits per heavy atom. The minimum absolute atomic E-state index is 0.179. The van der Waals surface area contributed by atoms with Gasteiger partial charge in [0, 0.05) is 54.6 Å². The maximum atomic E-state index is 5.04. The molecule has 4 aliphatic rings. The lowest BCUT2D eigenvalue weighted by atomic mass is 10.2. The molecule has 5 rings (SSSR count). The Labute approximate surface area is 206 Å². The van der Waals surface area contributed by atoms with Gasteiger partial charge in [0.25, 0.3) is 0 Å². The second-order valence-corrected chi connectivity index (χ2v) is 11.7. The van der Waals surface area contributed by atoms with Crippen LogP contribution in [-0.2, 0) is 0 Å². The van der Waals surface area contributed by atoms with Crippen LogP contribution in [0.15, 0.2) is 69.4 Å². The summed E-state index contributed by atoms with van der Waals surface area (Å²) in [7, 11) is 4.28. The van der Waals surface area contributed by atoms with Crippen LogP contribution in [-0.4, -0.2) is 58.7 Å². The number of benzene rings is 1. The molecule has 1 aromatic rings. The predicted octanol–water partition coefficient (Wildman–Crippen LogP) is 5.09. The van der Waals surface area contributed by atoms with Gasteiger partial charge in [0.05, 0.1) is 0 Å². The van der Waals surface area contributed by atoms with Gasteiger partial charge in [-0.05, 0) is 68.9 Å². The fourth-order valence-electron chi connectivity index (χ4n) is 4.45. The third kappa shape index (κ3) is 5.39. The number of thioether (sulfide) groups is 2. The van der Waals surface area contributed by atoms with Gasteiger partial charge in [-0.25, -0.2) is 4.99 Å². The average Bonchev–Trinajstić information content (AvgIpc) is 3.41. The molecule has 0 spiro atoms. The molecule has 0 amide bonds. The zero-order chi connectivity index (χ0) is 22.9. The van der Waals surface area contributed by atoms with Crippen LogP contribution in [0.3, 0.4) is 0 Å². The highest BCUT2D eigenvalue weighted by Crippen LogP contribution is 2.36. The van der Waals surface area contributed by atoms with Gasteiger partial charge in [0.1, 0.15) is 12.0 Å². The lowest BCUT2D eigenvalue weighted by molar-refractivity contribution is 0.175. The van der Waals surface area contributed by atoms with E-state index >= 15 is 0 Å². The summed E-state index contributed by atoms with van der Waals surface area (Å²) in [6.45, 7) is 8.61. The van der Waals surface area contributed by atoms with Crippen molar-refractivity contribution in [1.29, 1.82) is 0 Å². The van der Waals surface area contributed by atoms with Gasteiger partial charge in [-0.1, -0.05) is 30.1 Å². The quantitative estimate of drug-likeness (QED) is 0.561. The summed E-state index contributed by atoms with van der Waals surface area (Å²) >= 11 is 3.57. The van der Waals surface area contributed by atoms with Crippen LogP contribution in [0, 0.1) is 5.92 Å². The molecule has 3 aliphatic heterocycles. The zero-order valence-electron chi connectivity index (χ0n) is 19.8. The van der Waals surface area contributed by atoms with E-state index in [0.29, 0.717) is 5.92 Å². The van der Waals surface area contributed by atoms with E-state index in [-0.39, 0.29) is 11.7 Å². The Bertz CT molecular complexity index is 975. The lowest BCUT2D eigenvalue weighted by Gasteiger charge is -2.38. The fraction of sp³-hybridized carbons (Fsp3) is 0.480. The first-order valence-corrected chi connectivity index (χ1v) is 13.5. The van der Waals surface area contributed by atoms with E-state index in [0.717, 1.165) is 35.5 Å². The topological polar surface area (TPSA) is 46.1 Å². The molecule has 1 aromatic carbocycles. The number of likely N-dealkylation sites (tertiary alicyclic amines) is 1. The molecule has 1 saturated carbocycles. The normalized spacial score (nSPS) is 25.6. The van der Waals surface area contributed by atoms with Crippen molar-refractivity contribution in [3.8, 4) is 0 Å². The summed E-state index contributed by atoms with van der Waals surface area (Å²) < 4.78 is 0. The molecule has 1 saturated heterocycles. The standard InChI is InChI=1S/C25H34N6S2/c1-17-16-29(3)24(32-17)27-22-15-23(31-13-5-6-14-31)30(4)25(28-22)33-21-11-9-20(10-12-21)26-18(2)19-7-8-19/h9-12,15-16,19,23-24,26-27H,2,5-8,13-14H2,1,3-4H3. The van der Waals surface area contributed by atoms with Crippen LogP contribution >= 0.6 is 23.5 Å². The second-order valence-electron chi connectivity index (χ2n) is 9.28. The number of aliphatic imine (C=N–C) groups is 1. The van der Waals surface area contributed by atoms with E-state index in [1.807, 2.05) is 11.8 Å². The van der Waals surface area contributed by atoms with Crippen molar-refractivity contribution in [2.24, 2.45) is 10.9 Å². The molecule has 0 aromatic heterocycles. The summed E-state index contributed by atoms with van der Waals surface area (Å²) in [4.78, 5) is 14.6. The minimum atomic E-state index is 0.179. The number of nitrogens with zero attached hydrogens (tertiary/aromatic N) is 4. The van der Waals surface area contributed by atoms with Crippen molar-refractivity contribution in [3.63, 3.8) is 0 Å². The number of amidine groups is 1. The Balaban J connectivity index is 1.31. The predicted molar refractivity (Wildman–Crippen MR) is 142 cm³/mol. The number of hydrogen-bond donors (Lipinski definition) is 2. The van der Waals surface area contributed by atoms with Crippen molar-refractivity contribution in [1.82, 2.24) is 20.0 Å². The smallest absolute Gasteiger partial charge is 0.172 e. The van der Waals surface area contributed by atoms with Crippen LogP contribution in [0.25, 0.3) is 0 Å². The third-order valence-electron chi connectivity index (χ3n) is 6.50. The molecule has 0 bridgehead atoms. The highest BCUT2D eigenvalue weighted by Gasteiger charge is 2.31. The highest BCUT2D eigenvalue weighted by atomic mass is 32.2. The molecule has 6 nitrogen and oxygen atoms in total. The molecule has 3 heterocycles. The summed E-state index contributed by atoms with van der Waals surface area (Å²) in [6, 6.07) is 8.64. The first kappa shape index (κ1) is 22.7. The molecular weight excluding hydrogens is 448 g/mol. The van der Waals surface area contributed by atoms with Crippen LogP contribution in [0.2, 0.25) is 0 Å². The average molecular weight is 483 g/mol. The van der Waals surface area contributed by atoms with Crippen molar-refractivity contribution in [3.05, 3.63) is 59.5 Å². The lowest BCUT2D eigenvalue weighted by Crippen LogP contribution is -2.49. The molecule has 2 N–H and O–H groups in total. The second kappa shape index (κ2) is 9.68. The molecule has 2 atom stereocenters. The maximum Gasteiger partial charge on any atom is 0.172 e. The van der Waals surface area contributed by atoms with Gasteiger partial charge in [-0.3, -0.25) is 4.90 Å². The molecule has 8 heteroatoms. The number of rotatable bonds is 7. The highest BCUT2D eigenvalue weighted by molar-refractivity contribution is 8.13. The van der Waals surface area contributed by atoms with Crippen LogP contribution < -0.4 is 10.6 Å². The van der Waals surface area contributed by atoms with E-state index in [1.165, 1.54) is 35.5 Å². The van der Waals surface area contributed by atoms with Gasteiger partial charge in [-0.2, -0.15) is 0 Å². The molecule has 2 unspecified atom stereocenters. The number of allylic oxidation sites excluding steroid dienone is 2. The molecule has 1 aliphatic carbocycles. The van der Waals surface area contributed by atoms with Gasteiger partial charge in [0.2, 0.25) is 0 Å². The Kier molecular flexibility index (Phi) is 6.67. The number of anilines is 1. The molecular formula is C25H34N6S2. The third-order valence-corrected chi connectivity index (χ3v) is 8.72. The van der Waals surface area contributed by atoms with Crippen molar-refractivity contribution < 1.29 is 0 Å². The summed E-state index contributed by atoms with van der Waals surface area (Å²) in [5.74, 6) is 1.61. The summed E-state index contributed by atoms with van der Waals surface area (Å²) in [6.07, 6.45) is 9.76. The van der Waals surface area contributed by atoms with Crippen molar-refractivity contribution in [2.75, 3.05) is 32.5 Å². The molecule has 2 fully saturated rings. The summed E-state index contributed by atoms with van der Waals surface area (Å²) in [5, 5.41) is 8.14. The minimum Gasteiger partial charge on any atom is -0.359 e. The van der Waals surface area contributed by atoms with E-state index in [2.05, 4.69) is 89.5 Å². The maximum absolute atomic E-state index is 5.04. The Hall–Kier alpha value is -2.03. The SMILES string of the molecule is C=C(Nc1ccc(SC2=NC(NC3SC(C)=CN3C)=CC(N3CCCC3)N2C)cc1)C1CC1. The van der Waals surface area contributed by atoms with Gasteiger partial charge in [-0.15, -0.1) is 0 Å². The van der Waals surface area contributed by atoms with Gasteiger partial charge >= 0.3 is 0 Å². The van der Waals surface area contributed by atoms with E-state index < -0.39 is 0 Å². The van der Waals surface area contributed by atoms with E-state index in [1.54, 1.807) is 11.8 Å². The summed E-state index contributed by atoms with van der Waals surface area (Å²) in [5.41, 5.74) is 2.43. The molecule has 176 valence electrons.